The summed E-state index contributed by atoms with van der Waals surface area (Å²) in [5.74, 6) is -2.12. The predicted molar refractivity (Wildman–Crippen MR) is 96.4 cm³/mol. The van der Waals surface area contributed by atoms with Gasteiger partial charge in [-0.05, 0) is 49.1 Å². The van der Waals surface area contributed by atoms with Gasteiger partial charge in [-0.15, -0.1) is 0 Å². The molecule has 2 aromatic carbocycles. The molecule has 0 unspecified atom stereocenters. The number of hydrogen-bond donors (Lipinski definition) is 2. The van der Waals surface area contributed by atoms with Crippen LogP contribution in [0.15, 0.2) is 42.5 Å². The van der Waals surface area contributed by atoms with Gasteiger partial charge < -0.3 is 15.4 Å². The highest BCUT2D eigenvalue weighted by Gasteiger charge is 2.56. The van der Waals surface area contributed by atoms with Gasteiger partial charge in [0.15, 0.2) is 0 Å². The summed E-state index contributed by atoms with van der Waals surface area (Å²) >= 11 is 0. The third kappa shape index (κ3) is 4.07. The highest BCUT2D eigenvalue weighted by molar-refractivity contribution is 6.13. The molecule has 2 amide bonds. The van der Waals surface area contributed by atoms with E-state index >= 15 is 0 Å². The zero-order valence-electron chi connectivity index (χ0n) is 14.9. The summed E-state index contributed by atoms with van der Waals surface area (Å²) in [5, 5.41) is 4.96. The quantitative estimate of drug-likeness (QED) is 0.732. The maximum Gasteiger partial charge on any atom is 0.240 e. The minimum absolute atomic E-state index is 0.350. The molecule has 0 bridgehead atoms. The summed E-state index contributed by atoms with van der Waals surface area (Å²) < 4.78 is 32.5. The number of anilines is 1. The Morgan fingerprint density at radius 1 is 1.04 bits per heavy atom. The second-order valence-electron chi connectivity index (χ2n) is 6.49. The Balaban J connectivity index is 1.56. The minimum atomic E-state index is -1.26. The molecule has 0 spiro atoms. The number of ether oxygens (including phenoxy) is 1. The molecule has 2 aromatic rings. The van der Waals surface area contributed by atoms with Crippen LogP contribution in [-0.4, -0.2) is 25.5 Å². The van der Waals surface area contributed by atoms with Crippen molar-refractivity contribution in [2.24, 2.45) is 5.41 Å². The summed E-state index contributed by atoms with van der Waals surface area (Å²) in [6.07, 6.45) is 1.29. The van der Waals surface area contributed by atoms with E-state index in [1.807, 2.05) is 24.3 Å². The molecule has 0 atom stereocenters. The Morgan fingerprint density at radius 2 is 1.67 bits per heavy atom. The SMILES string of the molecule is COc1ccc(CCNC(=O)C2(C(=O)Nc3c(F)cccc3F)CC2)cc1. The summed E-state index contributed by atoms with van der Waals surface area (Å²) in [5.41, 5.74) is -0.770. The number of rotatable bonds is 7. The lowest BCUT2D eigenvalue weighted by Gasteiger charge is -2.16. The Morgan fingerprint density at radius 3 is 2.22 bits per heavy atom. The van der Waals surface area contributed by atoms with E-state index in [0.29, 0.717) is 25.8 Å². The van der Waals surface area contributed by atoms with Gasteiger partial charge in [0.1, 0.15) is 28.5 Å². The smallest absolute Gasteiger partial charge is 0.240 e. The van der Waals surface area contributed by atoms with Gasteiger partial charge in [-0.2, -0.15) is 0 Å². The summed E-state index contributed by atoms with van der Waals surface area (Å²) in [6, 6.07) is 10.8. The van der Waals surface area contributed by atoms with Crippen LogP contribution in [0.1, 0.15) is 18.4 Å². The minimum Gasteiger partial charge on any atom is -0.497 e. The van der Waals surface area contributed by atoms with Gasteiger partial charge in [0, 0.05) is 6.54 Å². The molecule has 142 valence electrons. The van der Waals surface area contributed by atoms with Gasteiger partial charge in [0.25, 0.3) is 0 Å². The van der Waals surface area contributed by atoms with Crippen molar-refractivity contribution >= 4 is 17.5 Å². The zero-order chi connectivity index (χ0) is 19.4. The van der Waals surface area contributed by atoms with Gasteiger partial charge >= 0.3 is 0 Å². The molecule has 1 aliphatic carbocycles. The van der Waals surface area contributed by atoms with Crippen LogP contribution < -0.4 is 15.4 Å². The molecule has 0 radical (unpaired) electrons. The first-order chi connectivity index (χ1) is 13.0. The Kier molecular flexibility index (Phi) is 5.39. The van der Waals surface area contributed by atoms with Crippen molar-refractivity contribution in [3.8, 4) is 5.75 Å². The van der Waals surface area contributed by atoms with E-state index in [2.05, 4.69) is 10.6 Å². The van der Waals surface area contributed by atoms with Crippen molar-refractivity contribution in [2.75, 3.05) is 19.0 Å². The van der Waals surface area contributed by atoms with Crippen LogP contribution in [0.4, 0.5) is 14.5 Å². The second kappa shape index (κ2) is 7.73. The van der Waals surface area contributed by atoms with Crippen molar-refractivity contribution in [1.29, 1.82) is 0 Å². The summed E-state index contributed by atoms with van der Waals surface area (Å²) in [7, 11) is 1.59. The fraction of sp³-hybridized carbons (Fsp3) is 0.300. The largest absolute Gasteiger partial charge is 0.497 e. The number of nitrogens with one attached hydrogen (secondary N) is 2. The molecule has 3 rings (SSSR count). The Labute approximate surface area is 155 Å². The third-order valence-electron chi connectivity index (χ3n) is 4.68. The Bertz CT molecular complexity index is 829. The molecule has 0 saturated heterocycles. The van der Waals surface area contributed by atoms with E-state index < -0.39 is 34.6 Å². The fourth-order valence-electron chi connectivity index (χ4n) is 2.81. The lowest BCUT2D eigenvalue weighted by atomic mass is 10.0. The molecular weight excluding hydrogens is 354 g/mol. The third-order valence-corrected chi connectivity index (χ3v) is 4.68. The van der Waals surface area contributed by atoms with E-state index in [1.165, 1.54) is 6.07 Å². The predicted octanol–water partition coefficient (Wildman–Crippen LogP) is 3.05. The van der Waals surface area contributed by atoms with E-state index in [4.69, 9.17) is 4.74 Å². The molecule has 1 fully saturated rings. The standard InChI is InChI=1S/C20H20F2N2O3/c1-27-14-7-5-13(6-8-14)9-12-23-18(25)20(10-11-20)19(26)24-17-15(21)3-2-4-16(17)22/h2-8H,9-12H2,1H3,(H,23,25)(H,24,26). The number of amides is 2. The maximum absolute atomic E-state index is 13.7. The van der Waals surface area contributed by atoms with E-state index in [0.717, 1.165) is 23.4 Å². The monoisotopic (exact) mass is 374 g/mol. The number of para-hydroxylation sites is 1. The van der Waals surface area contributed by atoms with Gasteiger partial charge in [-0.1, -0.05) is 18.2 Å². The van der Waals surface area contributed by atoms with Crippen LogP contribution in [0.5, 0.6) is 5.75 Å². The first-order valence-electron chi connectivity index (χ1n) is 8.63. The summed E-state index contributed by atoms with van der Waals surface area (Å²) in [4.78, 5) is 24.9. The van der Waals surface area contributed by atoms with Crippen LogP contribution in [-0.2, 0) is 16.0 Å². The van der Waals surface area contributed by atoms with Crippen molar-refractivity contribution in [3.63, 3.8) is 0 Å². The van der Waals surface area contributed by atoms with Gasteiger partial charge in [0.2, 0.25) is 11.8 Å². The lowest BCUT2D eigenvalue weighted by Crippen LogP contribution is -2.41. The number of hydrogen-bond acceptors (Lipinski definition) is 3. The Hall–Kier alpha value is -2.96. The summed E-state index contributed by atoms with van der Waals surface area (Å²) in [6.45, 7) is 0.355. The maximum atomic E-state index is 13.7. The molecule has 1 aliphatic rings. The molecule has 0 aromatic heterocycles. The topological polar surface area (TPSA) is 67.4 Å². The molecule has 27 heavy (non-hydrogen) atoms. The van der Waals surface area contributed by atoms with Crippen LogP contribution in [0.25, 0.3) is 0 Å². The molecule has 0 aliphatic heterocycles. The van der Waals surface area contributed by atoms with Crippen molar-refractivity contribution in [3.05, 3.63) is 59.7 Å². The van der Waals surface area contributed by atoms with E-state index in [-0.39, 0.29) is 0 Å². The first kappa shape index (κ1) is 18.8. The van der Waals surface area contributed by atoms with E-state index in [1.54, 1.807) is 7.11 Å². The highest BCUT2D eigenvalue weighted by atomic mass is 19.1. The average Bonchev–Trinajstić information content (AvgIpc) is 3.47. The molecule has 1 saturated carbocycles. The molecule has 7 heteroatoms. The highest BCUT2D eigenvalue weighted by Crippen LogP contribution is 2.47. The molecule has 2 N–H and O–H groups in total. The second-order valence-corrected chi connectivity index (χ2v) is 6.49. The molecule has 5 nitrogen and oxygen atoms in total. The number of carbonyl (C=O) groups excluding carboxylic acids is 2. The fourth-order valence-corrected chi connectivity index (χ4v) is 2.81. The van der Waals surface area contributed by atoms with E-state index in [9.17, 15) is 18.4 Å². The number of halogens is 2. The van der Waals surface area contributed by atoms with Gasteiger partial charge in [-0.25, -0.2) is 8.78 Å². The molecular formula is C20H20F2N2O3. The zero-order valence-corrected chi connectivity index (χ0v) is 14.9. The van der Waals surface area contributed by atoms with Crippen molar-refractivity contribution in [1.82, 2.24) is 5.32 Å². The van der Waals surface area contributed by atoms with Gasteiger partial charge in [-0.3, -0.25) is 9.59 Å². The normalized spacial score (nSPS) is 14.3. The van der Waals surface area contributed by atoms with Crippen LogP contribution >= 0.6 is 0 Å². The van der Waals surface area contributed by atoms with Crippen LogP contribution in [0.3, 0.4) is 0 Å². The van der Waals surface area contributed by atoms with Gasteiger partial charge in [0.05, 0.1) is 7.11 Å². The molecule has 0 heterocycles. The number of carbonyl (C=O) groups is 2. The lowest BCUT2D eigenvalue weighted by molar-refractivity contribution is -0.134. The first-order valence-corrected chi connectivity index (χ1v) is 8.63. The van der Waals surface area contributed by atoms with Crippen molar-refractivity contribution in [2.45, 2.75) is 19.3 Å². The van der Waals surface area contributed by atoms with Crippen molar-refractivity contribution < 1.29 is 23.1 Å². The van der Waals surface area contributed by atoms with Crippen LogP contribution in [0, 0.1) is 17.0 Å². The number of methoxy groups -OCH3 is 1. The number of benzene rings is 2. The average molecular weight is 374 g/mol. The van der Waals surface area contributed by atoms with Crippen LogP contribution in [0.2, 0.25) is 0 Å².